The Labute approximate surface area is 145 Å². The molecule has 2 heterocycles. The molecule has 3 fully saturated rings. The van der Waals surface area contributed by atoms with Crippen molar-refractivity contribution in [1.82, 2.24) is 0 Å². The minimum absolute atomic E-state index is 0.553. The molecule has 3 aliphatic rings. The first-order valence-electron chi connectivity index (χ1n) is 8.97. The predicted molar refractivity (Wildman–Crippen MR) is 99.4 cm³/mol. The molecule has 0 aromatic rings. The highest BCUT2D eigenvalue weighted by molar-refractivity contribution is 6.89. The molecule has 0 bridgehead atoms. The lowest BCUT2D eigenvalue weighted by atomic mass is 9.88. The van der Waals surface area contributed by atoms with E-state index in [2.05, 4.69) is 39.3 Å². The topological polar surface area (TPSA) is 49.5 Å². The van der Waals surface area contributed by atoms with Crippen molar-refractivity contribution in [3.8, 4) is 0 Å². The van der Waals surface area contributed by atoms with Crippen LogP contribution < -0.4 is 0 Å². The molecular formula is C14H32O5Si4. The van der Waals surface area contributed by atoms with Gasteiger partial charge in [-0.25, -0.2) is 0 Å². The lowest BCUT2D eigenvalue weighted by molar-refractivity contribution is 0.242. The van der Waals surface area contributed by atoms with E-state index in [1.807, 2.05) is 0 Å². The Morgan fingerprint density at radius 2 is 1.52 bits per heavy atom. The molecule has 0 radical (unpaired) electrons. The van der Waals surface area contributed by atoms with E-state index >= 15 is 0 Å². The summed E-state index contributed by atoms with van der Waals surface area (Å²) < 4.78 is 31.3. The average Bonchev–Trinajstić information content (AvgIpc) is 3.09. The van der Waals surface area contributed by atoms with Crippen LogP contribution in [-0.2, 0) is 21.2 Å². The van der Waals surface area contributed by atoms with Gasteiger partial charge in [-0.15, -0.1) is 0 Å². The maximum atomic E-state index is 6.59. The first-order chi connectivity index (χ1) is 10.6. The van der Waals surface area contributed by atoms with Crippen molar-refractivity contribution >= 4 is 35.0 Å². The number of hydrogen-bond acceptors (Lipinski definition) is 5. The van der Waals surface area contributed by atoms with E-state index in [-0.39, 0.29) is 0 Å². The minimum Gasteiger partial charge on any atom is -0.418 e. The normalized spacial score (nSPS) is 45.7. The number of fused-ring (bicyclic) bond motifs is 1. The van der Waals surface area contributed by atoms with Gasteiger partial charge in [-0.05, 0) is 76.9 Å². The third kappa shape index (κ3) is 5.08. The standard InChI is InChI=1S/C14H32O5Si4/c1-20-16-21(2,3)18-23(6,19-22(4,5)17-20)10-9-12-7-8-13-14(11-12)15-13/h12-14,20H,7-11H2,1-6H3. The Bertz CT molecular complexity index is 427. The highest BCUT2D eigenvalue weighted by atomic mass is 28.5. The minimum atomic E-state index is -2.26. The maximum Gasteiger partial charge on any atom is 0.317 e. The molecule has 3 atom stereocenters. The van der Waals surface area contributed by atoms with Gasteiger partial charge in [0.25, 0.3) is 0 Å². The summed E-state index contributed by atoms with van der Waals surface area (Å²) in [7, 11) is -8.22. The van der Waals surface area contributed by atoms with Crippen LogP contribution in [0.1, 0.15) is 25.7 Å². The highest BCUT2D eigenvalue weighted by Gasteiger charge is 2.50. The van der Waals surface area contributed by atoms with Crippen LogP contribution in [0.3, 0.4) is 0 Å². The maximum absolute atomic E-state index is 6.59. The summed E-state index contributed by atoms with van der Waals surface area (Å²) in [6.07, 6.45) is 6.09. The van der Waals surface area contributed by atoms with Crippen molar-refractivity contribution in [1.29, 1.82) is 0 Å². The first kappa shape index (κ1) is 18.5. The van der Waals surface area contributed by atoms with Gasteiger partial charge < -0.3 is 21.2 Å². The monoisotopic (exact) mass is 392 g/mol. The second kappa shape index (κ2) is 6.43. The Morgan fingerprint density at radius 1 is 0.913 bits per heavy atom. The average molecular weight is 393 g/mol. The molecule has 3 rings (SSSR count). The van der Waals surface area contributed by atoms with Crippen LogP contribution in [0.15, 0.2) is 0 Å². The van der Waals surface area contributed by atoms with E-state index in [4.69, 9.17) is 21.2 Å². The molecule has 9 heteroatoms. The second-order valence-corrected chi connectivity index (χ2v) is 21.4. The molecule has 0 spiro atoms. The van der Waals surface area contributed by atoms with Gasteiger partial charge in [0.15, 0.2) is 0 Å². The van der Waals surface area contributed by atoms with Crippen LogP contribution in [0.4, 0.5) is 0 Å². The van der Waals surface area contributed by atoms with Gasteiger partial charge in [-0.3, -0.25) is 0 Å². The summed E-state index contributed by atoms with van der Waals surface area (Å²) in [6, 6.07) is 1.05. The molecule has 3 unspecified atom stereocenters. The van der Waals surface area contributed by atoms with Crippen LogP contribution in [0.5, 0.6) is 0 Å². The van der Waals surface area contributed by atoms with Crippen molar-refractivity contribution in [2.24, 2.45) is 5.92 Å². The van der Waals surface area contributed by atoms with Crippen molar-refractivity contribution in [3.63, 3.8) is 0 Å². The molecular weight excluding hydrogens is 360 g/mol. The number of hydrogen-bond donors (Lipinski definition) is 0. The number of rotatable bonds is 3. The molecule has 5 nitrogen and oxygen atoms in total. The SMILES string of the molecule is C[SiH]1O[Si](C)(C)O[Si](C)(CCC2CCC3OC3C2)O[Si](C)(C)O1. The van der Waals surface area contributed by atoms with Gasteiger partial charge >= 0.3 is 35.0 Å². The Balaban J connectivity index is 1.63. The van der Waals surface area contributed by atoms with Gasteiger partial charge in [0.1, 0.15) is 0 Å². The largest absolute Gasteiger partial charge is 0.418 e. The number of epoxide rings is 1. The predicted octanol–water partition coefficient (Wildman–Crippen LogP) is 3.35. The highest BCUT2D eigenvalue weighted by Crippen LogP contribution is 2.42. The molecule has 1 aliphatic carbocycles. The molecule has 2 saturated heterocycles. The third-order valence-electron chi connectivity index (χ3n) is 4.94. The quantitative estimate of drug-likeness (QED) is 0.544. The van der Waals surface area contributed by atoms with E-state index < -0.39 is 35.0 Å². The lowest BCUT2D eigenvalue weighted by Gasteiger charge is -2.45. The Morgan fingerprint density at radius 3 is 2.09 bits per heavy atom. The smallest absolute Gasteiger partial charge is 0.317 e. The molecule has 0 N–H and O–H groups in total. The van der Waals surface area contributed by atoms with Crippen LogP contribution in [0.25, 0.3) is 0 Å². The molecule has 0 aromatic carbocycles. The first-order valence-corrected chi connectivity index (χ1v) is 19.2. The fourth-order valence-electron chi connectivity index (χ4n) is 4.25. The molecule has 0 aromatic heterocycles. The zero-order valence-corrected chi connectivity index (χ0v) is 19.5. The summed E-state index contributed by atoms with van der Waals surface area (Å²) in [5, 5.41) is 0. The molecule has 2 aliphatic heterocycles. The van der Waals surface area contributed by atoms with Gasteiger partial charge in [0.05, 0.1) is 12.2 Å². The third-order valence-corrected chi connectivity index (χ3v) is 20.7. The lowest BCUT2D eigenvalue weighted by Crippen LogP contribution is -2.61. The summed E-state index contributed by atoms with van der Waals surface area (Å²) in [5.74, 6) is 0.769. The van der Waals surface area contributed by atoms with E-state index in [1.54, 1.807) is 0 Å². The molecule has 0 amide bonds. The van der Waals surface area contributed by atoms with Gasteiger partial charge in [-0.1, -0.05) is 0 Å². The Hall–Kier alpha value is 0.668. The molecule has 134 valence electrons. The van der Waals surface area contributed by atoms with E-state index in [0.717, 1.165) is 12.0 Å². The Kier molecular flexibility index (Phi) is 5.16. The number of ether oxygens (including phenoxy) is 1. The summed E-state index contributed by atoms with van der Waals surface area (Å²) in [5.41, 5.74) is 0. The molecule has 23 heavy (non-hydrogen) atoms. The van der Waals surface area contributed by atoms with Gasteiger partial charge in [0, 0.05) is 0 Å². The fraction of sp³-hybridized carbons (Fsp3) is 1.00. The van der Waals surface area contributed by atoms with Crippen molar-refractivity contribution in [3.05, 3.63) is 0 Å². The van der Waals surface area contributed by atoms with Crippen LogP contribution in [-0.4, -0.2) is 47.2 Å². The summed E-state index contributed by atoms with van der Waals surface area (Å²) in [4.78, 5) is 0. The fourth-order valence-corrected chi connectivity index (χ4v) is 23.1. The van der Waals surface area contributed by atoms with Gasteiger partial charge in [-0.2, -0.15) is 0 Å². The van der Waals surface area contributed by atoms with Crippen LogP contribution in [0, 0.1) is 5.92 Å². The van der Waals surface area contributed by atoms with E-state index in [9.17, 15) is 0 Å². The summed E-state index contributed by atoms with van der Waals surface area (Å²) in [6.45, 7) is 12.9. The summed E-state index contributed by atoms with van der Waals surface area (Å²) >= 11 is 0. The van der Waals surface area contributed by atoms with Crippen molar-refractivity contribution < 1.29 is 21.2 Å². The van der Waals surface area contributed by atoms with E-state index in [1.165, 1.54) is 25.7 Å². The van der Waals surface area contributed by atoms with Crippen molar-refractivity contribution in [2.45, 2.75) is 83.2 Å². The van der Waals surface area contributed by atoms with Crippen molar-refractivity contribution in [2.75, 3.05) is 0 Å². The van der Waals surface area contributed by atoms with E-state index in [0.29, 0.717) is 12.2 Å². The second-order valence-electron chi connectivity index (χ2n) is 8.37. The van der Waals surface area contributed by atoms with Crippen LogP contribution >= 0.6 is 0 Å². The zero-order chi connectivity index (χ0) is 16.9. The zero-order valence-electron chi connectivity index (χ0n) is 15.4. The molecule has 1 saturated carbocycles. The van der Waals surface area contributed by atoms with Gasteiger partial charge in [0.2, 0.25) is 0 Å². The van der Waals surface area contributed by atoms with Crippen LogP contribution in [0.2, 0.25) is 45.3 Å².